The van der Waals surface area contributed by atoms with Crippen LogP contribution in [0.1, 0.15) is 19.4 Å². The Morgan fingerprint density at radius 1 is 1.41 bits per heavy atom. The lowest BCUT2D eigenvalue weighted by molar-refractivity contribution is -0.141. The van der Waals surface area contributed by atoms with Gasteiger partial charge in [0, 0.05) is 17.8 Å². The number of hydrogen-bond acceptors (Lipinski definition) is 3. The monoisotopic (exact) mass is 231 g/mol. The van der Waals surface area contributed by atoms with E-state index in [0.717, 1.165) is 12.2 Å². The van der Waals surface area contributed by atoms with Crippen LogP contribution in [0.5, 0.6) is 0 Å². The number of ether oxygens (including phenoxy) is 1. The van der Waals surface area contributed by atoms with Crippen molar-refractivity contribution < 1.29 is 9.53 Å². The van der Waals surface area contributed by atoms with Gasteiger partial charge in [-0.1, -0.05) is 24.3 Å². The maximum absolute atomic E-state index is 11.5. The first kappa shape index (κ1) is 11.7. The standard InChI is InChI=1S/C14H17NO2/c1-3-17-14(16)10-15-9-8-11(2)12-6-4-5-7-13(12)15/h4-8H,3,9-10H2,1-2H3. The predicted octanol–water partition coefficient (Wildman–Crippen LogP) is 2.47. The maximum Gasteiger partial charge on any atom is 0.325 e. The highest BCUT2D eigenvalue weighted by Gasteiger charge is 2.18. The van der Waals surface area contributed by atoms with Gasteiger partial charge in [-0.15, -0.1) is 0 Å². The SMILES string of the molecule is CCOC(=O)CN1CC=C(C)c2ccccc21. The van der Waals surface area contributed by atoms with Gasteiger partial charge in [-0.25, -0.2) is 0 Å². The van der Waals surface area contributed by atoms with Gasteiger partial charge in [0.2, 0.25) is 0 Å². The first-order chi connectivity index (χ1) is 8.22. The zero-order chi connectivity index (χ0) is 12.3. The first-order valence-corrected chi connectivity index (χ1v) is 5.89. The number of para-hydroxylation sites is 1. The Bertz CT molecular complexity index is 451. The molecule has 0 N–H and O–H groups in total. The Labute approximate surface area is 102 Å². The second kappa shape index (κ2) is 5.04. The van der Waals surface area contributed by atoms with Crippen LogP contribution in [0.15, 0.2) is 30.3 Å². The van der Waals surface area contributed by atoms with Crippen LogP contribution in [0, 0.1) is 0 Å². The van der Waals surface area contributed by atoms with E-state index in [0.29, 0.717) is 13.2 Å². The molecule has 0 saturated heterocycles. The predicted molar refractivity (Wildman–Crippen MR) is 68.9 cm³/mol. The fourth-order valence-corrected chi connectivity index (χ4v) is 2.05. The van der Waals surface area contributed by atoms with Crippen LogP contribution in [0.25, 0.3) is 5.57 Å². The van der Waals surface area contributed by atoms with Gasteiger partial charge in [0.25, 0.3) is 0 Å². The first-order valence-electron chi connectivity index (χ1n) is 5.89. The van der Waals surface area contributed by atoms with Gasteiger partial charge in [-0.2, -0.15) is 0 Å². The Hall–Kier alpha value is -1.77. The molecule has 0 saturated carbocycles. The number of carbonyl (C=O) groups is 1. The van der Waals surface area contributed by atoms with E-state index in [2.05, 4.69) is 19.1 Å². The van der Waals surface area contributed by atoms with Crippen LogP contribution in [-0.4, -0.2) is 25.7 Å². The molecule has 0 spiro atoms. The quantitative estimate of drug-likeness (QED) is 0.748. The second-order valence-electron chi connectivity index (χ2n) is 4.09. The summed E-state index contributed by atoms with van der Waals surface area (Å²) >= 11 is 0. The maximum atomic E-state index is 11.5. The van der Waals surface area contributed by atoms with Crippen LogP contribution in [0.4, 0.5) is 5.69 Å². The summed E-state index contributed by atoms with van der Waals surface area (Å²) in [7, 11) is 0. The largest absolute Gasteiger partial charge is 0.465 e. The zero-order valence-corrected chi connectivity index (χ0v) is 10.3. The van der Waals surface area contributed by atoms with E-state index < -0.39 is 0 Å². The van der Waals surface area contributed by atoms with E-state index >= 15 is 0 Å². The number of allylic oxidation sites excluding steroid dienone is 1. The lowest BCUT2D eigenvalue weighted by Crippen LogP contribution is -2.33. The summed E-state index contributed by atoms with van der Waals surface area (Å²) in [5.41, 5.74) is 3.57. The van der Waals surface area contributed by atoms with Crippen molar-refractivity contribution in [2.75, 3.05) is 24.6 Å². The van der Waals surface area contributed by atoms with Gasteiger partial charge < -0.3 is 9.64 Å². The molecule has 0 aromatic heterocycles. The molecule has 0 amide bonds. The van der Waals surface area contributed by atoms with Crippen molar-refractivity contribution in [1.82, 2.24) is 0 Å². The van der Waals surface area contributed by atoms with Gasteiger partial charge >= 0.3 is 5.97 Å². The van der Waals surface area contributed by atoms with Crippen molar-refractivity contribution in [3.8, 4) is 0 Å². The topological polar surface area (TPSA) is 29.5 Å². The normalized spacial score (nSPS) is 14.0. The van der Waals surface area contributed by atoms with E-state index in [1.807, 2.05) is 30.0 Å². The minimum absolute atomic E-state index is 0.171. The fourth-order valence-electron chi connectivity index (χ4n) is 2.05. The number of nitrogens with zero attached hydrogens (tertiary/aromatic N) is 1. The summed E-state index contributed by atoms with van der Waals surface area (Å²) in [6, 6.07) is 8.14. The second-order valence-corrected chi connectivity index (χ2v) is 4.09. The van der Waals surface area contributed by atoms with Crippen molar-refractivity contribution in [1.29, 1.82) is 0 Å². The van der Waals surface area contributed by atoms with Gasteiger partial charge in [-0.05, 0) is 25.5 Å². The van der Waals surface area contributed by atoms with Crippen LogP contribution in [0.3, 0.4) is 0 Å². The van der Waals surface area contributed by atoms with E-state index in [9.17, 15) is 4.79 Å². The lowest BCUT2D eigenvalue weighted by atomic mass is 10.0. The Kier molecular flexibility index (Phi) is 3.47. The molecule has 17 heavy (non-hydrogen) atoms. The van der Waals surface area contributed by atoms with Crippen LogP contribution in [0.2, 0.25) is 0 Å². The number of hydrogen-bond donors (Lipinski definition) is 0. The zero-order valence-electron chi connectivity index (χ0n) is 10.3. The van der Waals surface area contributed by atoms with E-state index in [-0.39, 0.29) is 5.97 Å². The van der Waals surface area contributed by atoms with E-state index in [4.69, 9.17) is 4.74 Å². The summed E-state index contributed by atoms with van der Waals surface area (Å²) in [6.07, 6.45) is 2.14. The summed E-state index contributed by atoms with van der Waals surface area (Å²) < 4.78 is 4.99. The minimum Gasteiger partial charge on any atom is -0.465 e. The lowest BCUT2D eigenvalue weighted by Gasteiger charge is -2.29. The van der Waals surface area contributed by atoms with E-state index in [1.165, 1.54) is 11.1 Å². The summed E-state index contributed by atoms with van der Waals surface area (Å²) in [5.74, 6) is -0.171. The van der Waals surface area contributed by atoms with Crippen molar-refractivity contribution in [2.24, 2.45) is 0 Å². The number of benzene rings is 1. The molecule has 1 aromatic carbocycles. The molecule has 3 heteroatoms. The summed E-state index contributed by atoms with van der Waals surface area (Å²) in [5, 5.41) is 0. The molecule has 0 atom stereocenters. The molecular formula is C14H17NO2. The van der Waals surface area contributed by atoms with Crippen molar-refractivity contribution in [2.45, 2.75) is 13.8 Å². The minimum atomic E-state index is -0.171. The Morgan fingerprint density at radius 2 is 2.18 bits per heavy atom. The van der Waals surface area contributed by atoms with Crippen molar-refractivity contribution >= 4 is 17.2 Å². The Balaban J connectivity index is 2.19. The van der Waals surface area contributed by atoms with Crippen LogP contribution < -0.4 is 4.90 Å². The molecule has 0 radical (unpaired) electrons. The molecular weight excluding hydrogens is 214 g/mol. The highest BCUT2D eigenvalue weighted by Crippen LogP contribution is 2.30. The van der Waals surface area contributed by atoms with Crippen molar-refractivity contribution in [3.05, 3.63) is 35.9 Å². The average Bonchev–Trinajstić information content (AvgIpc) is 2.34. The number of esters is 1. The molecule has 0 aliphatic carbocycles. The summed E-state index contributed by atoms with van der Waals surface area (Å²) in [4.78, 5) is 13.6. The highest BCUT2D eigenvalue weighted by atomic mass is 16.5. The third kappa shape index (κ3) is 2.49. The Morgan fingerprint density at radius 3 is 2.94 bits per heavy atom. The number of carbonyl (C=O) groups excluding carboxylic acids is 1. The van der Waals surface area contributed by atoms with Gasteiger partial charge in [0.05, 0.1) is 6.61 Å². The molecule has 2 rings (SSSR count). The molecule has 0 unspecified atom stereocenters. The highest BCUT2D eigenvalue weighted by molar-refractivity contribution is 5.83. The molecule has 1 aliphatic rings. The third-order valence-electron chi connectivity index (χ3n) is 2.91. The molecule has 3 nitrogen and oxygen atoms in total. The number of rotatable bonds is 3. The fraction of sp³-hybridized carbons (Fsp3) is 0.357. The number of anilines is 1. The number of fused-ring (bicyclic) bond motifs is 1. The van der Waals surface area contributed by atoms with Crippen LogP contribution in [-0.2, 0) is 9.53 Å². The van der Waals surface area contributed by atoms with Crippen LogP contribution >= 0.6 is 0 Å². The van der Waals surface area contributed by atoms with Gasteiger partial charge in [0.15, 0.2) is 0 Å². The molecule has 0 fully saturated rings. The third-order valence-corrected chi connectivity index (χ3v) is 2.91. The molecule has 0 bridgehead atoms. The molecule has 90 valence electrons. The van der Waals surface area contributed by atoms with Gasteiger partial charge in [0.1, 0.15) is 6.54 Å². The van der Waals surface area contributed by atoms with E-state index in [1.54, 1.807) is 0 Å². The summed E-state index contributed by atoms with van der Waals surface area (Å²) in [6.45, 7) is 5.44. The molecule has 1 aromatic rings. The van der Waals surface area contributed by atoms with Crippen molar-refractivity contribution in [3.63, 3.8) is 0 Å². The molecule has 1 aliphatic heterocycles. The smallest absolute Gasteiger partial charge is 0.325 e. The average molecular weight is 231 g/mol. The van der Waals surface area contributed by atoms with Gasteiger partial charge in [-0.3, -0.25) is 4.79 Å². The molecule has 1 heterocycles.